The van der Waals surface area contributed by atoms with Crippen molar-refractivity contribution in [3.8, 4) is 5.82 Å². The van der Waals surface area contributed by atoms with Crippen molar-refractivity contribution in [2.24, 2.45) is 0 Å². The molecule has 0 spiro atoms. The lowest BCUT2D eigenvalue weighted by molar-refractivity contribution is -0.141. The number of amides is 2. The molecule has 0 atom stereocenters. The van der Waals surface area contributed by atoms with Gasteiger partial charge in [-0.2, -0.15) is 18.3 Å². The van der Waals surface area contributed by atoms with E-state index in [-0.39, 0.29) is 27.1 Å². The van der Waals surface area contributed by atoms with Gasteiger partial charge >= 0.3 is 6.18 Å². The number of benzene rings is 2. The number of fused-ring (bicyclic) bond motifs is 1. The fraction of sp³-hybridized carbons (Fsp3) is 0.200. The van der Waals surface area contributed by atoms with Gasteiger partial charge in [0.2, 0.25) is 0 Å². The molecular weight excluding hydrogens is 610 g/mol. The number of alkyl halides is 3. The molecule has 7 nitrogen and oxygen atoms in total. The van der Waals surface area contributed by atoms with E-state index < -0.39 is 29.4 Å². The van der Waals surface area contributed by atoms with Crippen LogP contribution in [0.25, 0.3) is 16.6 Å². The van der Waals surface area contributed by atoms with Crippen molar-refractivity contribution in [3.63, 3.8) is 0 Å². The highest BCUT2D eigenvalue weighted by molar-refractivity contribution is 9.10. The highest BCUT2D eigenvalue weighted by Gasteiger charge is 2.37. The van der Waals surface area contributed by atoms with Gasteiger partial charge in [-0.25, -0.2) is 9.67 Å². The summed E-state index contributed by atoms with van der Waals surface area (Å²) in [6, 6.07) is 10.2. The number of nitrogens with zero attached hydrogens (tertiary/aromatic N) is 3. The predicted octanol–water partition coefficient (Wildman–Crippen LogP) is 7.29. The van der Waals surface area contributed by atoms with Crippen molar-refractivity contribution in [3.05, 3.63) is 80.1 Å². The zero-order valence-electron chi connectivity index (χ0n) is 19.7. The quantitative estimate of drug-likeness (QED) is 0.210. The number of rotatable bonds is 7. The van der Waals surface area contributed by atoms with Gasteiger partial charge in [-0.3, -0.25) is 9.59 Å². The molecule has 0 bridgehead atoms. The molecule has 38 heavy (non-hydrogen) atoms. The highest BCUT2D eigenvalue weighted by Crippen LogP contribution is 2.37. The first-order valence-corrected chi connectivity index (χ1v) is 12.9. The van der Waals surface area contributed by atoms with E-state index in [2.05, 4.69) is 36.6 Å². The van der Waals surface area contributed by atoms with Gasteiger partial charge in [-0.1, -0.05) is 58.5 Å². The molecule has 0 saturated heterocycles. The van der Waals surface area contributed by atoms with E-state index in [1.54, 1.807) is 24.3 Å². The van der Waals surface area contributed by atoms with Gasteiger partial charge in [0.1, 0.15) is 5.69 Å². The van der Waals surface area contributed by atoms with E-state index in [1.807, 2.05) is 6.92 Å². The van der Waals surface area contributed by atoms with E-state index in [0.717, 1.165) is 17.3 Å². The second kappa shape index (κ2) is 11.3. The number of hydrogen-bond donors (Lipinski definition) is 2. The summed E-state index contributed by atoms with van der Waals surface area (Å²) in [6.07, 6.45) is -1.98. The minimum absolute atomic E-state index is 0.0244. The minimum Gasteiger partial charge on any atom is -0.352 e. The van der Waals surface area contributed by atoms with Crippen LogP contribution in [-0.4, -0.2) is 33.1 Å². The monoisotopic (exact) mass is 627 g/mol. The molecule has 0 fully saturated rings. The highest BCUT2D eigenvalue weighted by atomic mass is 79.9. The first-order valence-electron chi connectivity index (χ1n) is 11.3. The van der Waals surface area contributed by atoms with Crippen molar-refractivity contribution >= 4 is 67.4 Å². The number of hydrogen-bond acceptors (Lipinski definition) is 4. The van der Waals surface area contributed by atoms with Crippen LogP contribution in [0.5, 0.6) is 0 Å². The number of nitrogens with one attached hydrogen (secondary N) is 2. The second-order valence-corrected chi connectivity index (χ2v) is 9.88. The summed E-state index contributed by atoms with van der Waals surface area (Å²) in [7, 11) is 0. The maximum atomic E-state index is 13.5. The van der Waals surface area contributed by atoms with E-state index in [1.165, 1.54) is 18.3 Å². The molecule has 13 heteroatoms. The normalized spacial score (nSPS) is 11.6. The predicted molar refractivity (Wildman–Crippen MR) is 143 cm³/mol. The summed E-state index contributed by atoms with van der Waals surface area (Å²) < 4.78 is 42.1. The third kappa shape index (κ3) is 5.79. The van der Waals surface area contributed by atoms with Crippen molar-refractivity contribution in [1.82, 2.24) is 20.1 Å². The Hall–Kier alpha value is -3.15. The Kier molecular flexibility index (Phi) is 8.29. The van der Waals surface area contributed by atoms with Crippen LogP contribution in [-0.2, 0) is 6.18 Å². The maximum absolute atomic E-state index is 13.5. The average Bonchev–Trinajstić information content (AvgIpc) is 3.32. The zero-order chi connectivity index (χ0) is 27.6. The molecule has 2 amide bonds. The minimum atomic E-state index is -4.85. The Labute approximate surface area is 233 Å². The largest absolute Gasteiger partial charge is 0.435 e. The number of aromatic nitrogens is 3. The lowest BCUT2D eigenvalue weighted by atomic mass is 10.0. The Morgan fingerprint density at radius 2 is 1.87 bits per heavy atom. The lowest BCUT2D eigenvalue weighted by Crippen LogP contribution is -2.27. The van der Waals surface area contributed by atoms with Crippen LogP contribution in [0.2, 0.25) is 10.0 Å². The molecule has 2 aromatic carbocycles. The van der Waals surface area contributed by atoms with E-state index in [9.17, 15) is 22.8 Å². The number of pyridine rings is 1. The third-order valence-electron chi connectivity index (χ3n) is 5.51. The molecule has 2 heterocycles. The Bertz CT molecular complexity index is 1540. The summed E-state index contributed by atoms with van der Waals surface area (Å²) in [5.74, 6) is -1.69. The smallest absolute Gasteiger partial charge is 0.352 e. The number of unbranched alkanes of at least 4 members (excludes halogenated alkanes) is 1. The van der Waals surface area contributed by atoms with Crippen LogP contribution in [0.15, 0.2) is 53.1 Å². The van der Waals surface area contributed by atoms with Gasteiger partial charge in [-0.15, -0.1) is 0 Å². The molecule has 0 saturated carbocycles. The summed E-state index contributed by atoms with van der Waals surface area (Å²) >= 11 is 16.2. The molecule has 0 aliphatic rings. The fourth-order valence-electron chi connectivity index (χ4n) is 3.66. The fourth-order valence-corrected chi connectivity index (χ4v) is 4.56. The third-order valence-corrected chi connectivity index (χ3v) is 6.69. The molecule has 4 aromatic rings. The van der Waals surface area contributed by atoms with E-state index >= 15 is 0 Å². The molecule has 198 valence electrons. The Morgan fingerprint density at radius 1 is 1.11 bits per heavy atom. The number of carbonyl (C=O) groups is 2. The first kappa shape index (κ1) is 27.9. The van der Waals surface area contributed by atoms with E-state index in [0.29, 0.717) is 28.1 Å². The Morgan fingerprint density at radius 3 is 2.55 bits per heavy atom. The van der Waals surface area contributed by atoms with Crippen LogP contribution >= 0.6 is 39.1 Å². The SMILES string of the molecule is CCCCNC(=O)c1cc2cc(Br)ccc2c(Cl)c1NC(=O)c1cc(C(F)(F)F)nn1-c1ncccc1Cl. The molecule has 0 aliphatic heterocycles. The van der Waals surface area contributed by atoms with Gasteiger partial charge in [0.25, 0.3) is 11.8 Å². The molecule has 2 N–H and O–H groups in total. The molecule has 0 radical (unpaired) electrons. The molecule has 0 unspecified atom stereocenters. The van der Waals surface area contributed by atoms with Crippen molar-refractivity contribution < 1.29 is 22.8 Å². The van der Waals surface area contributed by atoms with E-state index in [4.69, 9.17) is 23.2 Å². The molecular formula is C25H19BrCl2F3N5O2. The van der Waals surface area contributed by atoms with Gasteiger partial charge in [0.15, 0.2) is 11.5 Å². The number of carbonyl (C=O) groups excluding carboxylic acids is 2. The topological polar surface area (TPSA) is 88.9 Å². The van der Waals surface area contributed by atoms with Crippen LogP contribution < -0.4 is 10.6 Å². The first-order chi connectivity index (χ1) is 18.0. The van der Waals surface area contributed by atoms with Gasteiger partial charge < -0.3 is 10.6 Å². The summed E-state index contributed by atoms with van der Waals surface area (Å²) in [6.45, 7) is 2.35. The number of anilines is 1. The second-order valence-electron chi connectivity index (χ2n) is 8.18. The standard InChI is InChI=1S/C25H19BrCl2F3N5O2/c1-2-3-8-33-23(37)16-11-13-10-14(26)6-7-15(13)20(28)21(16)34-24(38)18-12-19(25(29,30)31)35-36(18)22-17(27)5-4-9-32-22/h4-7,9-12H,2-3,8H2,1H3,(H,33,37)(H,34,38). The maximum Gasteiger partial charge on any atom is 0.435 e. The van der Waals surface area contributed by atoms with Crippen LogP contribution in [0.4, 0.5) is 18.9 Å². The van der Waals surface area contributed by atoms with Crippen LogP contribution in [0.1, 0.15) is 46.3 Å². The van der Waals surface area contributed by atoms with Gasteiger partial charge in [0, 0.05) is 28.7 Å². The van der Waals surface area contributed by atoms with Gasteiger partial charge in [0.05, 0.1) is 21.3 Å². The number of halogens is 6. The average molecular weight is 629 g/mol. The van der Waals surface area contributed by atoms with Crippen LogP contribution in [0.3, 0.4) is 0 Å². The lowest BCUT2D eigenvalue weighted by Gasteiger charge is -2.16. The van der Waals surface area contributed by atoms with Crippen molar-refractivity contribution in [2.75, 3.05) is 11.9 Å². The molecule has 0 aliphatic carbocycles. The van der Waals surface area contributed by atoms with Crippen LogP contribution in [0, 0.1) is 0 Å². The Balaban J connectivity index is 1.83. The van der Waals surface area contributed by atoms with Crippen molar-refractivity contribution in [1.29, 1.82) is 0 Å². The van der Waals surface area contributed by atoms with Gasteiger partial charge in [-0.05, 0) is 42.1 Å². The molecule has 2 aromatic heterocycles. The summed E-state index contributed by atoms with van der Waals surface area (Å²) in [4.78, 5) is 30.5. The zero-order valence-corrected chi connectivity index (χ0v) is 22.8. The molecule has 4 rings (SSSR count). The summed E-state index contributed by atoms with van der Waals surface area (Å²) in [5.41, 5.74) is -1.85. The summed E-state index contributed by atoms with van der Waals surface area (Å²) in [5, 5.41) is 9.99. The van der Waals surface area contributed by atoms with Crippen molar-refractivity contribution in [2.45, 2.75) is 25.9 Å².